The molecule has 0 aromatic heterocycles. The fraction of sp³-hybridized carbons (Fsp3) is 0.417. The number of hydrogen-bond donors (Lipinski definition) is 2. The van der Waals surface area contributed by atoms with Gasteiger partial charge in [-0.05, 0) is 17.9 Å². The van der Waals surface area contributed by atoms with Gasteiger partial charge < -0.3 is 10.4 Å². The Morgan fingerprint density at radius 2 is 2.17 bits per heavy atom. The highest BCUT2D eigenvalue weighted by molar-refractivity contribution is 5.95. The van der Waals surface area contributed by atoms with Gasteiger partial charge in [0.1, 0.15) is 0 Å². The molecule has 0 saturated heterocycles. The minimum absolute atomic E-state index is 0.0586. The number of anilines is 1. The highest BCUT2D eigenvalue weighted by Gasteiger charge is 2.46. The van der Waals surface area contributed by atoms with Crippen LogP contribution in [0.4, 0.5) is 11.4 Å². The van der Waals surface area contributed by atoms with E-state index in [0.717, 1.165) is 6.42 Å². The number of nitrogens with one attached hydrogen (secondary N) is 1. The summed E-state index contributed by atoms with van der Waals surface area (Å²) in [5, 5.41) is 22.8. The van der Waals surface area contributed by atoms with Crippen molar-refractivity contribution in [2.24, 2.45) is 5.41 Å². The number of benzene rings is 1. The predicted octanol–water partition coefficient (Wildman–Crippen LogP) is 2.50. The Kier molecular flexibility index (Phi) is 2.73. The van der Waals surface area contributed by atoms with E-state index in [1.165, 1.54) is 18.2 Å². The average molecular weight is 250 g/mol. The maximum atomic E-state index is 11.1. The zero-order chi connectivity index (χ0) is 13.5. The van der Waals surface area contributed by atoms with Crippen molar-refractivity contribution in [3.63, 3.8) is 0 Å². The number of carboxylic acids is 1. The van der Waals surface area contributed by atoms with Crippen LogP contribution < -0.4 is 5.32 Å². The zero-order valence-electron chi connectivity index (χ0n) is 10.1. The molecule has 18 heavy (non-hydrogen) atoms. The summed E-state index contributed by atoms with van der Waals surface area (Å²) in [6, 6.07) is 3.90. The molecular formula is C12H14N2O4. The monoisotopic (exact) mass is 250 g/mol. The van der Waals surface area contributed by atoms with E-state index in [-0.39, 0.29) is 22.7 Å². The summed E-state index contributed by atoms with van der Waals surface area (Å²) in [7, 11) is 0. The normalized spacial score (nSPS) is 20.2. The van der Waals surface area contributed by atoms with Crippen LogP contribution in [-0.2, 0) is 0 Å². The lowest BCUT2D eigenvalue weighted by atomic mass is 10.1. The van der Waals surface area contributed by atoms with Gasteiger partial charge in [-0.3, -0.25) is 10.1 Å². The predicted molar refractivity (Wildman–Crippen MR) is 65.9 cm³/mol. The third-order valence-electron chi connectivity index (χ3n) is 3.29. The highest BCUT2D eigenvalue weighted by atomic mass is 16.6. The summed E-state index contributed by atoms with van der Waals surface area (Å²) in [5.74, 6) is -1.09. The second kappa shape index (κ2) is 3.97. The first kappa shape index (κ1) is 12.3. The summed E-state index contributed by atoms with van der Waals surface area (Å²) in [5.41, 5.74) is 0.372. The number of carbonyl (C=O) groups is 1. The van der Waals surface area contributed by atoms with Crippen LogP contribution in [0, 0.1) is 15.5 Å². The van der Waals surface area contributed by atoms with Crippen LogP contribution in [-0.4, -0.2) is 22.0 Å². The van der Waals surface area contributed by atoms with Crippen LogP contribution in [0.15, 0.2) is 18.2 Å². The summed E-state index contributed by atoms with van der Waals surface area (Å²) in [6.07, 6.45) is 0.925. The zero-order valence-corrected chi connectivity index (χ0v) is 10.1. The number of rotatable bonds is 4. The topological polar surface area (TPSA) is 92.5 Å². The van der Waals surface area contributed by atoms with Gasteiger partial charge in [-0.2, -0.15) is 0 Å². The van der Waals surface area contributed by atoms with Crippen LogP contribution in [0.25, 0.3) is 0 Å². The SMILES string of the molecule is CC1(C)CC1Nc1cc([N+](=O)[O-])ccc1C(=O)O. The molecule has 1 atom stereocenters. The summed E-state index contributed by atoms with van der Waals surface area (Å²) >= 11 is 0. The molecule has 6 heteroatoms. The molecule has 1 aliphatic rings. The van der Waals surface area contributed by atoms with Crippen molar-refractivity contribution in [1.29, 1.82) is 0 Å². The standard InChI is InChI=1S/C12H14N2O4/c1-12(2)6-10(12)13-9-5-7(14(17)18)3-4-8(9)11(15)16/h3-5,10,13H,6H2,1-2H3,(H,15,16). The average Bonchev–Trinajstić information content (AvgIpc) is 2.85. The number of nitro groups is 1. The van der Waals surface area contributed by atoms with E-state index in [9.17, 15) is 14.9 Å². The van der Waals surface area contributed by atoms with Crippen molar-refractivity contribution in [2.45, 2.75) is 26.3 Å². The molecule has 1 aromatic rings. The molecule has 1 unspecified atom stereocenters. The summed E-state index contributed by atoms with van der Waals surface area (Å²) < 4.78 is 0. The van der Waals surface area contributed by atoms with Crippen molar-refractivity contribution in [3.8, 4) is 0 Å². The van der Waals surface area contributed by atoms with Crippen molar-refractivity contribution >= 4 is 17.3 Å². The first-order chi connectivity index (χ1) is 8.31. The van der Waals surface area contributed by atoms with E-state index < -0.39 is 10.9 Å². The number of non-ortho nitro benzene ring substituents is 1. The first-order valence-corrected chi connectivity index (χ1v) is 5.59. The van der Waals surface area contributed by atoms with Gasteiger partial charge in [-0.25, -0.2) is 4.79 Å². The lowest BCUT2D eigenvalue weighted by Crippen LogP contribution is -2.12. The van der Waals surface area contributed by atoms with E-state index in [2.05, 4.69) is 19.2 Å². The van der Waals surface area contributed by atoms with Crippen molar-refractivity contribution < 1.29 is 14.8 Å². The van der Waals surface area contributed by atoms with Crippen molar-refractivity contribution in [3.05, 3.63) is 33.9 Å². The van der Waals surface area contributed by atoms with E-state index in [0.29, 0.717) is 5.69 Å². The van der Waals surface area contributed by atoms with Gasteiger partial charge >= 0.3 is 5.97 Å². The maximum absolute atomic E-state index is 11.1. The Morgan fingerprint density at radius 3 is 2.61 bits per heavy atom. The van der Waals surface area contributed by atoms with Crippen molar-refractivity contribution in [2.75, 3.05) is 5.32 Å². The number of aromatic carboxylic acids is 1. The maximum Gasteiger partial charge on any atom is 0.337 e. The Bertz CT molecular complexity index is 525. The quantitative estimate of drug-likeness (QED) is 0.632. The second-order valence-electron chi connectivity index (χ2n) is 5.18. The highest BCUT2D eigenvalue weighted by Crippen LogP contribution is 2.47. The van der Waals surface area contributed by atoms with Crippen molar-refractivity contribution in [1.82, 2.24) is 0 Å². The van der Waals surface area contributed by atoms with Crippen LogP contribution in [0.5, 0.6) is 0 Å². The molecule has 0 heterocycles. The minimum atomic E-state index is -1.09. The smallest absolute Gasteiger partial charge is 0.337 e. The Morgan fingerprint density at radius 1 is 1.56 bits per heavy atom. The van der Waals surface area contributed by atoms with E-state index in [4.69, 9.17) is 5.11 Å². The van der Waals surface area contributed by atoms with Gasteiger partial charge in [0, 0.05) is 18.2 Å². The van der Waals surface area contributed by atoms with Gasteiger partial charge in [0.15, 0.2) is 0 Å². The van der Waals surface area contributed by atoms with E-state index in [1.54, 1.807) is 0 Å². The van der Waals surface area contributed by atoms with Crippen LogP contribution in [0.1, 0.15) is 30.6 Å². The lowest BCUT2D eigenvalue weighted by molar-refractivity contribution is -0.384. The molecule has 1 fully saturated rings. The number of nitro benzene ring substituents is 1. The number of nitrogens with zero attached hydrogens (tertiary/aromatic N) is 1. The van der Waals surface area contributed by atoms with Gasteiger partial charge in [0.25, 0.3) is 5.69 Å². The molecule has 1 aromatic carbocycles. The molecule has 0 aliphatic heterocycles. The van der Waals surface area contributed by atoms with Crippen LogP contribution >= 0.6 is 0 Å². The van der Waals surface area contributed by atoms with Gasteiger partial charge in [-0.1, -0.05) is 13.8 Å². The Labute approximate surface area is 104 Å². The molecule has 1 saturated carbocycles. The molecule has 1 aliphatic carbocycles. The third kappa shape index (κ3) is 2.27. The molecule has 6 nitrogen and oxygen atoms in total. The summed E-state index contributed by atoms with van der Waals surface area (Å²) in [4.78, 5) is 21.2. The van der Waals surface area contributed by atoms with Gasteiger partial charge in [0.05, 0.1) is 16.2 Å². The minimum Gasteiger partial charge on any atom is -0.478 e. The van der Waals surface area contributed by atoms with Crippen LogP contribution in [0.3, 0.4) is 0 Å². The Balaban J connectivity index is 2.32. The molecule has 0 radical (unpaired) electrons. The molecular weight excluding hydrogens is 236 g/mol. The Hall–Kier alpha value is -2.11. The molecule has 0 amide bonds. The first-order valence-electron chi connectivity index (χ1n) is 5.59. The molecule has 0 bridgehead atoms. The largest absolute Gasteiger partial charge is 0.478 e. The van der Waals surface area contributed by atoms with Gasteiger partial charge in [0.2, 0.25) is 0 Å². The van der Waals surface area contributed by atoms with E-state index >= 15 is 0 Å². The van der Waals surface area contributed by atoms with Crippen LogP contribution in [0.2, 0.25) is 0 Å². The molecule has 2 N–H and O–H groups in total. The molecule has 0 spiro atoms. The van der Waals surface area contributed by atoms with E-state index in [1.807, 2.05) is 0 Å². The lowest BCUT2D eigenvalue weighted by Gasteiger charge is -2.10. The van der Waals surface area contributed by atoms with Gasteiger partial charge in [-0.15, -0.1) is 0 Å². The third-order valence-corrected chi connectivity index (χ3v) is 3.29. The molecule has 96 valence electrons. The number of hydrogen-bond acceptors (Lipinski definition) is 4. The fourth-order valence-corrected chi connectivity index (χ4v) is 1.85. The second-order valence-corrected chi connectivity index (χ2v) is 5.18. The summed E-state index contributed by atoms with van der Waals surface area (Å²) in [6.45, 7) is 4.12. The molecule has 2 rings (SSSR count). The number of carboxylic acid groups (broad SMARTS) is 1. The fourth-order valence-electron chi connectivity index (χ4n) is 1.85.